The molecule has 0 aromatic carbocycles. The zero-order valence-electron chi connectivity index (χ0n) is 13.6. The van der Waals surface area contributed by atoms with Crippen molar-refractivity contribution >= 4 is 5.91 Å². The Morgan fingerprint density at radius 3 is 2.35 bits per heavy atom. The number of nitrogens with one attached hydrogen (secondary N) is 1. The topological polar surface area (TPSA) is 64.3 Å². The van der Waals surface area contributed by atoms with E-state index < -0.39 is 5.54 Å². The Balaban J connectivity index is 2.17. The Bertz CT molecular complexity index is 299. The normalized spacial score (nSPS) is 29.9. The Kier molecular flexibility index (Phi) is 6.96. The molecule has 1 rings (SSSR count). The van der Waals surface area contributed by atoms with Crippen molar-refractivity contribution in [2.75, 3.05) is 13.7 Å². The summed E-state index contributed by atoms with van der Waals surface area (Å²) in [5.41, 5.74) is 4.82. The van der Waals surface area contributed by atoms with Gasteiger partial charge in [-0.3, -0.25) is 4.79 Å². The van der Waals surface area contributed by atoms with Crippen molar-refractivity contribution in [1.29, 1.82) is 0 Å². The van der Waals surface area contributed by atoms with Crippen molar-refractivity contribution in [1.82, 2.24) is 5.32 Å². The van der Waals surface area contributed by atoms with E-state index >= 15 is 0 Å². The number of nitrogens with two attached hydrogens (primary N) is 1. The molecular weight excluding hydrogens is 252 g/mol. The number of rotatable bonds is 8. The summed E-state index contributed by atoms with van der Waals surface area (Å²) in [6.45, 7) is 7.29. The number of likely N-dealkylation sites (N-methyl/N-ethyl adjacent to an activating group) is 1. The van der Waals surface area contributed by atoms with Crippen molar-refractivity contribution in [3.05, 3.63) is 0 Å². The van der Waals surface area contributed by atoms with Gasteiger partial charge < -0.3 is 15.8 Å². The van der Waals surface area contributed by atoms with Gasteiger partial charge in [0, 0.05) is 6.61 Å². The average Bonchev–Trinajstić information content (AvgIpc) is 2.36. The van der Waals surface area contributed by atoms with Crippen molar-refractivity contribution in [2.24, 2.45) is 17.6 Å². The lowest BCUT2D eigenvalue weighted by Gasteiger charge is -2.31. The first kappa shape index (κ1) is 17.4. The predicted octanol–water partition coefficient (Wildman–Crippen LogP) is 2.46. The molecule has 1 saturated carbocycles. The Morgan fingerprint density at radius 1 is 1.25 bits per heavy atom. The van der Waals surface area contributed by atoms with Gasteiger partial charge in [-0.15, -0.1) is 0 Å². The van der Waals surface area contributed by atoms with Gasteiger partial charge in [0.25, 0.3) is 0 Å². The molecule has 0 aliphatic heterocycles. The number of amides is 1. The molecule has 0 saturated heterocycles. The zero-order valence-corrected chi connectivity index (χ0v) is 13.6. The summed E-state index contributed by atoms with van der Waals surface area (Å²) in [7, 11) is 1.78. The Hall–Kier alpha value is -0.610. The van der Waals surface area contributed by atoms with Crippen LogP contribution in [0.2, 0.25) is 0 Å². The van der Waals surface area contributed by atoms with E-state index in [9.17, 15) is 4.79 Å². The van der Waals surface area contributed by atoms with Gasteiger partial charge in [0.2, 0.25) is 5.91 Å². The maximum absolute atomic E-state index is 11.4. The molecular formula is C16H32N2O2. The molecule has 3 atom stereocenters. The maximum Gasteiger partial charge on any atom is 0.237 e. The molecule has 0 heterocycles. The Labute approximate surface area is 123 Å². The summed E-state index contributed by atoms with van der Waals surface area (Å²) >= 11 is 0. The van der Waals surface area contributed by atoms with E-state index in [-0.39, 0.29) is 5.91 Å². The van der Waals surface area contributed by atoms with Crippen LogP contribution in [0.3, 0.4) is 0 Å². The second-order valence-corrected chi connectivity index (χ2v) is 6.81. The van der Waals surface area contributed by atoms with Crippen LogP contribution >= 0.6 is 0 Å². The van der Waals surface area contributed by atoms with E-state index in [0.717, 1.165) is 37.7 Å². The first-order valence-electron chi connectivity index (χ1n) is 7.97. The van der Waals surface area contributed by atoms with E-state index in [1.54, 1.807) is 7.05 Å². The molecule has 118 valence electrons. The fourth-order valence-electron chi connectivity index (χ4n) is 3.21. The van der Waals surface area contributed by atoms with Crippen molar-refractivity contribution < 1.29 is 9.53 Å². The summed E-state index contributed by atoms with van der Waals surface area (Å²) in [6, 6.07) is 0. The van der Waals surface area contributed by atoms with Gasteiger partial charge in [0.05, 0.1) is 11.6 Å². The lowest BCUT2D eigenvalue weighted by Crippen LogP contribution is -2.51. The lowest BCUT2D eigenvalue weighted by atomic mass is 9.82. The van der Waals surface area contributed by atoms with Crippen LogP contribution < -0.4 is 11.1 Å². The number of carbonyl (C=O) groups is 1. The fraction of sp³-hybridized carbons (Fsp3) is 0.938. The standard InChI is InChI=1S/C16H32N2O2/c1-12-9-13(2)11-14(10-12)20-8-6-5-7-16(3,18-4)15(17)19/h12-14,18H,5-11H2,1-4H3,(H2,17,19). The van der Waals surface area contributed by atoms with Crippen LogP contribution in [0.15, 0.2) is 0 Å². The number of carbonyl (C=O) groups excluding carboxylic acids is 1. The van der Waals surface area contributed by atoms with Crippen LogP contribution in [0.25, 0.3) is 0 Å². The molecule has 0 radical (unpaired) electrons. The van der Waals surface area contributed by atoms with Crippen LogP contribution in [-0.4, -0.2) is 31.2 Å². The molecule has 4 nitrogen and oxygen atoms in total. The summed E-state index contributed by atoms with van der Waals surface area (Å²) in [5, 5.41) is 3.01. The van der Waals surface area contributed by atoms with Crippen LogP contribution in [0, 0.1) is 11.8 Å². The molecule has 1 fully saturated rings. The summed E-state index contributed by atoms with van der Waals surface area (Å²) in [5.74, 6) is 1.29. The molecule has 4 heteroatoms. The number of primary amides is 1. The molecule has 3 unspecified atom stereocenters. The number of hydrogen-bond acceptors (Lipinski definition) is 3. The third-order valence-electron chi connectivity index (χ3n) is 4.66. The number of unbranched alkanes of at least 4 members (excludes halogenated alkanes) is 1. The van der Waals surface area contributed by atoms with Crippen LogP contribution in [0.1, 0.15) is 59.3 Å². The zero-order chi connectivity index (χ0) is 15.2. The molecule has 1 aliphatic rings. The molecule has 0 aromatic heterocycles. The average molecular weight is 284 g/mol. The van der Waals surface area contributed by atoms with Gasteiger partial charge in [-0.25, -0.2) is 0 Å². The van der Waals surface area contributed by atoms with Gasteiger partial charge in [0.1, 0.15) is 0 Å². The first-order chi connectivity index (χ1) is 9.37. The van der Waals surface area contributed by atoms with Gasteiger partial charge in [-0.2, -0.15) is 0 Å². The highest BCUT2D eigenvalue weighted by Crippen LogP contribution is 2.30. The van der Waals surface area contributed by atoms with E-state index in [1.165, 1.54) is 19.3 Å². The van der Waals surface area contributed by atoms with E-state index in [0.29, 0.717) is 6.10 Å². The fourth-order valence-corrected chi connectivity index (χ4v) is 3.21. The smallest absolute Gasteiger partial charge is 0.237 e. The molecule has 0 aromatic rings. The van der Waals surface area contributed by atoms with Gasteiger partial charge in [-0.05, 0) is 64.3 Å². The molecule has 3 N–H and O–H groups in total. The first-order valence-corrected chi connectivity index (χ1v) is 7.97. The minimum absolute atomic E-state index is 0.282. The van der Waals surface area contributed by atoms with Crippen molar-refractivity contribution in [3.63, 3.8) is 0 Å². The minimum Gasteiger partial charge on any atom is -0.378 e. The minimum atomic E-state index is -0.589. The van der Waals surface area contributed by atoms with Crippen LogP contribution in [0.5, 0.6) is 0 Å². The van der Waals surface area contributed by atoms with Crippen LogP contribution in [-0.2, 0) is 9.53 Å². The highest BCUT2D eigenvalue weighted by Gasteiger charge is 2.28. The van der Waals surface area contributed by atoms with Crippen LogP contribution in [0.4, 0.5) is 0 Å². The van der Waals surface area contributed by atoms with E-state index in [2.05, 4.69) is 19.2 Å². The molecule has 0 spiro atoms. The lowest BCUT2D eigenvalue weighted by molar-refractivity contribution is -0.124. The third kappa shape index (κ3) is 5.41. The Morgan fingerprint density at radius 2 is 1.85 bits per heavy atom. The highest BCUT2D eigenvalue weighted by atomic mass is 16.5. The van der Waals surface area contributed by atoms with Crippen molar-refractivity contribution in [3.8, 4) is 0 Å². The van der Waals surface area contributed by atoms with Gasteiger partial charge in [-0.1, -0.05) is 13.8 Å². The number of hydrogen-bond donors (Lipinski definition) is 2. The molecule has 0 bridgehead atoms. The third-order valence-corrected chi connectivity index (χ3v) is 4.66. The maximum atomic E-state index is 11.4. The van der Waals surface area contributed by atoms with Crippen molar-refractivity contribution in [2.45, 2.75) is 70.9 Å². The largest absolute Gasteiger partial charge is 0.378 e. The summed E-state index contributed by atoms with van der Waals surface area (Å²) in [6.07, 6.45) is 6.86. The second-order valence-electron chi connectivity index (χ2n) is 6.81. The summed E-state index contributed by atoms with van der Waals surface area (Å²) in [4.78, 5) is 11.4. The van der Waals surface area contributed by atoms with Gasteiger partial charge in [0.15, 0.2) is 0 Å². The van der Waals surface area contributed by atoms with E-state index in [4.69, 9.17) is 10.5 Å². The molecule has 1 amide bonds. The monoisotopic (exact) mass is 284 g/mol. The molecule has 20 heavy (non-hydrogen) atoms. The quantitative estimate of drug-likeness (QED) is 0.673. The highest BCUT2D eigenvalue weighted by molar-refractivity contribution is 5.84. The van der Waals surface area contributed by atoms with E-state index in [1.807, 2.05) is 6.92 Å². The number of ether oxygens (including phenoxy) is 1. The second kappa shape index (κ2) is 7.99. The van der Waals surface area contributed by atoms with Gasteiger partial charge >= 0.3 is 0 Å². The SMILES string of the molecule is CNC(C)(CCCCOC1CC(C)CC(C)C1)C(N)=O. The molecule has 1 aliphatic carbocycles. The predicted molar refractivity (Wildman–Crippen MR) is 82.4 cm³/mol. The summed E-state index contributed by atoms with van der Waals surface area (Å²) < 4.78 is 6.00.